The third kappa shape index (κ3) is 4.26. The summed E-state index contributed by atoms with van der Waals surface area (Å²) in [6.45, 7) is 3.50. The summed E-state index contributed by atoms with van der Waals surface area (Å²) in [6.07, 6.45) is 3.93. The summed E-state index contributed by atoms with van der Waals surface area (Å²) in [5.41, 5.74) is -1.03. The van der Waals surface area contributed by atoms with Gasteiger partial charge in [0, 0.05) is 31.8 Å². The Hall–Kier alpha value is -1.85. The molecule has 0 aliphatic rings. The molecule has 94 valence electrons. The molecule has 3 N–H and O–H groups in total. The van der Waals surface area contributed by atoms with E-state index in [2.05, 4.69) is 15.3 Å². The van der Waals surface area contributed by atoms with Crippen molar-refractivity contribution < 1.29 is 14.7 Å². The number of carbonyl (C=O) groups excluding carboxylic acids is 1. The highest BCUT2D eigenvalue weighted by atomic mass is 16.4. The van der Waals surface area contributed by atoms with Crippen LogP contribution in [0.25, 0.3) is 0 Å². The van der Waals surface area contributed by atoms with E-state index in [4.69, 9.17) is 5.11 Å². The van der Waals surface area contributed by atoms with Gasteiger partial charge >= 0.3 is 5.97 Å². The number of rotatable bonds is 6. The van der Waals surface area contributed by atoms with Gasteiger partial charge in [0.15, 0.2) is 0 Å². The number of aromatic nitrogens is 2. The molecule has 0 unspecified atom stereocenters. The molecule has 0 aliphatic carbocycles. The number of imidazole rings is 1. The number of hydrogen-bond donors (Lipinski definition) is 3. The molecule has 6 heteroatoms. The lowest BCUT2D eigenvalue weighted by Gasteiger charge is -2.17. The highest BCUT2D eigenvalue weighted by Crippen LogP contribution is 2.19. The van der Waals surface area contributed by atoms with E-state index in [1.807, 2.05) is 0 Å². The molecule has 0 bridgehead atoms. The summed E-state index contributed by atoms with van der Waals surface area (Å²) < 4.78 is 0. The zero-order valence-electron chi connectivity index (χ0n) is 9.99. The summed E-state index contributed by atoms with van der Waals surface area (Å²) in [6, 6.07) is 0. The molecule has 0 saturated heterocycles. The maximum Gasteiger partial charge on any atom is 0.309 e. The standard InChI is InChI=1S/C11H17N3O3/c1-11(2,10(16)17)7-9(15)14-4-3-8-12-5-6-13-8/h5-6H,3-4,7H2,1-2H3,(H,12,13)(H,14,15)(H,16,17). The third-order valence-electron chi connectivity index (χ3n) is 2.42. The Morgan fingerprint density at radius 1 is 1.53 bits per heavy atom. The van der Waals surface area contributed by atoms with E-state index in [1.54, 1.807) is 12.4 Å². The van der Waals surface area contributed by atoms with Crippen LogP contribution in [0.1, 0.15) is 26.1 Å². The number of carbonyl (C=O) groups is 2. The molecular weight excluding hydrogens is 222 g/mol. The number of aromatic amines is 1. The van der Waals surface area contributed by atoms with Crippen LogP contribution in [0.5, 0.6) is 0 Å². The quantitative estimate of drug-likeness (QED) is 0.676. The van der Waals surface area contributed by atoms with Gasteiger partial charge in [-0.2, -0.15) is 0 Å². The van der Waals surface area contributed by atoms with Crippen molar-refractivity contribution >= 4 is 11.9 Å². The van der Waals surface area contributed by atoms with Crippen LogP contribution in [-0.4, -0.2) is 33.5 Å². The molecular formula is C11H17N3O3. The molecule has 0 aliphatic heterocycles. The first-order valence-corrected chi connectivity index (χ1v) is 5.40. The van der Waals surface area contributed by atoms with Crippen molar-refractivity contribution in [3.8, 4) is 0 Å². The minimum absolute atomic E-state index is 0.0273. The molecule has 1 aromatic heterocycles. The Kier molecular flexibility index (Phi) is 4.25. The molecule has 6 nitrogen and oxygen atoms in total. The van der Waals surface area contributed by atoms with Gasteiger partial charge in [-0.3, -0.25) is 9.59 Å². The molecule has 17 heavy (non-hydrogen) atoms. The number of nitrogens with one attached hydrogen (secondary N) is 2. The highest BCUT2D eigenvalue weighted by molar-refractivity contribution is 5.84. The number of carboxylic acid groups (broad SMARTS) is 1. The van der Waals surface area contributed by atoms with Crippen LogP contribution in [0.15, 0.2) is 12.4 Å². The molecule has 1 rings (SSSR count). The monoisotopic (exact) mass is 239 g/mol. The van der Waals surface area contributed by atoms with Crippen LogP contribution in [0.2, 0.25) is 0 Å². The van der Waals surface area contributed by atoms with Crippen molar-refractivity contribution in [2.24, 2.45) is 5.41 Å². The van der Waals surface area contributed by atoms with Crippen LogP contribution >= 0.6 is 0 Å². The molecule has 1 heterocycles. The van der Waals surface area contributed by atoms with Gasteiger partial charge in [0.1, 0.15) is 5.82 Å². The third-order valence-corrected chi connectivity index (χ3v) is 2.42. The lowest BCUT2D eigenvalue weighted by Crippen LogP contribution is -2.34. The van der Waals surface area contributed by atoms with Crippen molar-refractivity contribution in [3.05, 3.63) is 18.2 Å². The Balaban J connectivity index is 2.28. The van der Waals surface area contributed by atoms with Gasteiger partial charge in [0.2, 0.25) is 5.91 Å². The van der Waals surface area contributed by atoms with Gasteiger partial charge in [0.05, 0.1) is 5.41 Å². The van der Waals surface area contributed by atoms with Crippen molar-refractivity contribution in [1.82, 2.24) is 15.3 Å². The Labute approximate surface area is 99.4 Å². The van der Waals surface area contributed by atoms with E-state index in [0.717, 1.165) is 5.82 Å². The Bertz CT molecular complexity index is 385. The average molecular weight is 239 g/mol. The zero-order valence-corrected chi connectivity index (χ0v) is 9.99. The van der Waals surface area contributed by atoms with Gasteiger partial charge in [0.25, 0.3) is 0 Å². The van der Waals surface area contributed by atoms with Gasteiger partial charge < -0.3 is 15.4 Å². The summed E-state index contributed by atoms with van der Waals surface area (Å²) >= 11 is 0. The first kappa shape index (κ1) is 13.2. The topological polar surface area (TPSA) is 95.1 Å². The minimum Gasteiger partial charge on any atom is -0.481 e. The molecule has 0 saturated carbocycles. The second kappa shape index (κ2) is 5.47. The van der Waals surface area contributed by atoms with Gasteiger partial charge in [-0.25, -0.2) is 4.98 Å². The first-order chi connectivity index (χ1) is 7.92. The van der Waals surface area contributed by atoms with Crippen molar-refractivity contribution in [1.29, 1.82) is 0 Å². The van der Waals surface area contributed by atoms with Gasteiger partial charge in [-0.1, -0.05) is 0 Å². The molecule has 0 spiro atoms. The van der Waals surface area contributed by atoms with Crippen LogP contribution in [-0.2, 0) is 16.0 Å². The number of carboxylic acids is 1. The molecule has 1 aromatic rings. The molecule has 0 radical (unpaired) electrons. The summed E-state index contributed by atoms with van der Waals surface area (Å²) in [5.74, 6) is -0.439. The number of hydrogen-bond acceptors (Lipinski definition) is 3. The Morgan fingerprint density at radius 2 is 2.24 bits per heavy atom. The van der Waals surface area contributed by atoms with Crippen LogP contribution < -0.4 is 5.32 Å². The molecule has 0 atom stereocenters. The SMILES string of the molecule is CC(C)(CC(=O)NCCc1ncc[nH]1)C(=O)O. The van der Waals surface area contributed by atoms with Crippen molar-refractivity contribution in [3.63, 3.8) is 0 Å². The highest BCUT2D eigenvalue weighted by Gasteiger charge is 2.29. The lowest BCUT2D eigenvalue weighted by molar-refractivity contribution is -0.149. The minimum atomic E-state index is -1.03. The van der Waals surface area contributed by atoms with E-state index < -0.39 is 11.4 Å². The smallest absolute Gasteiger partial charge is 0.309 e. The Morgan fingerprint density at radius 3 is 2.76 bits per heavy atom. The second-order valence-electron chi connectivity index (χ2n) is 4.50. The normalized spacial score (nSPS) is 11.2. The fraction of sp³-hybridized carbons (Fsp3) is 0.545. The van der Waals surface area contributed by atoms with E-state index in [-0.39, 0.29) is 12.3 Å². The fourth-order valence-corrected chi connectivity index (χ4v) is 1.29. The number of amides is 1. The maximum absolute atomic E-state index is 11.5. The van der Waals surface area contributed by atoms with Gasteiger partial charge in [-0.05, 0) is 13.8 Å². The summed E-state index contributed by atoms with van der Waals surface area (Å²) in [7, 11) is 0. The lowest BCUT2D eigenvalue weighted by atomic mass is 9.89. The van der Waals surface area contributed by atoms with E-state index in [0.29, 0.717) is 13.0 Å². The summed E-state index contributed by atoms with van der Waals surface area (Å²) in [4.78, 5) is 29.2. The van der Waals surface area contributed by atoms with Gasteiger partial charge in [-0.15, -0.1) is 0 Å². The predicted molar refractivity (Wildman–Crippen MR) is 61.3 cm³/mol. The maximum atomic E-state index is 11.5. The van der Waals surface area contributed by atoms with Crippen molar-refractivity contribution in [2.75, 3.05) is 6.54 Å². The number of nitrogens with zero attached hydrogens (tertiary/aromatic N) is 1. The van der Waals surface area contributed by atoms with Crippen molar-refractivity contribution in [2.45, 2.75) is 26.7 Å². The fourth-order valence-electron chi connectivity index (χ4n) is 1.29. The van der Waals surface area contributed by atoms with E-state index in [1.165, 1.54) is 13.8 Å². The predicted octanol–water partition coefficient (Wildman–Crippen LogP) is 0.569. The average Bonchev–Trinajstić information content (AvgIpc) is 2.69. The second-order valence-corrected chi connectivity index (χ2v) is 4.50. The number of aliphatic carboxylic acids is 1. The first-order valence-electron chi connectivity index (χ1n) is 5.40. The molecule has 0 aromatic carbocycles. The van der Waals surface area contributed by atoms with Crippen LogP contribution in [0.3, 0.4) is 0 Å². The molecule has 1 amide bonds. The number of H-pyrrole nitrogens is 1. The van der Waals surface area contributed by atoms with Crippen LogP contribution in [0.4, 0.5) is 0 Å². The van der Waals surface area contributed by atoms with E-state index >= 15 is 0 Å². The van der Waals surface area contributed by atoms with E-state index in [9.17, 15) is 9.59 Å². The summed E-state index contributed by atoms with van der Waals surface area (Å²) in [5, 5.41) is 11.5. The van der Waals surface area contributed by atoms with Crippen LogP contribution in [0, 0.1) is 5.41 Å². The largest absolute Gasteiger partial charge is 0.481 e. The zero-order chi connectivity index (χ0) is 12.9. The molecule has 0 fully saturated rings.